The van der Waals surface area contributed by atoms with Gasteiger partial charge in [-0.25, -0.2) is 19.2 Å². The van der Waals surface area contributed by atoms with E-state index in [4.69, 9.17) is 20.4 Å². The zero-order valence-corrected chi connectivity index (χ0v) is 33.7. The van der Waals surface area contributed by atoms with Crippen molar-refractivity contribution in [1.82, 2.24) is 0 Å². The van der Waals surface area contributed by atoms with Crippen molar-refractivity contribution < 1.29 is 72.9 Å². The van der Waals surface area contributed by atoms with Gasteiger partial charge < -0.3 is 39.4 Å². The molecule has 1 aliphatic rings. The number of hydrogen-bond acceptors (Lipinski definition) is 12. The molecule has 4 atom stereocenters. The average molecular weight is 1200 g/mol. The Kier molecular flexibility index (Phi) is 41.3. The molecule has 39 heavy (non-hydrogen) atoms. The summed E-state index contributed by atoms with van der Waals surface area (Å²) in [5.41, 5.74) is 0. The van der Waals surface area contributed by atoms with Gasteiger partial charge in [0.15, 0.2) is 24.4 Å². The summed E-state index contributed by atoms with van der Waals surface area (Å²) in [4.78, 5) is 43.2. The second kappa shape index (κ2) is 34.0. The summed E-state index contributed by atoms with van der Waals surface area (Å²) >= 11 is 12.1. The third-order valence-electron chi connectivity index (χ3n) is 3.03. The van der Waals surface area contributed by atoms with Gasteiger partial charge in [0.05, 0.1) is 0 Å². The van der Waals surface area contributed by atoms with Crippen LogP contribution in [0.2, 0.25) is 0 Å². The molecular weight excluding hydrogens is 1170 g/mol. The minimum absolute atomic E-state index is 0.137. The van der Waals surface area contributed by atoms with Gasteiger partial charge in [-0.15, -0.1) is 13.2 Å². The molecular formula is C20H28I5O12V2. The number of aliphatic hydroxyl groups excluding tert-OH is 4. The number of rotatable bonds is 7. The van der Waals surface area contributed by atoms with Gasteiger partial charge >= 0.3 is 138 Å². The Hall–Kier alpha value is 1.50. The molecule has 0 fully saturated rings. The van der Waals surface area contributed by atoms with Crippen LogP contribution in [0.4, 0.5) is 0 Å². The van der Waals surface area contributed by atoms with E-state index in [1.807, 2.05) is 0 Å². The number of hydrogen-bond donors (Lipinski definition) is 4. The van der Waals surface area contributed by atoms with Gasteiger partial charge in [-0.2, -0.15) is 0 Å². The first-order chi connectivity index (χ1) is 18.3. The number of ether oxygens (including phenoxy) is 4. The van der Waals surface area contributed by atoms with Gasteiger partial charge in [-0.05, 0) is 12.2 Å². The summed E-state index contributed by atoms with van der Waals surface area (Å²) in [6.07, 6.45) is -1.75. The topological polar surface area (TPSA) is 186 Å². The van der Waals surface area contributed by atoms with Crippen LogP contribution in [-0.4, -0.2) is 95.1 Å². The van der Waals surface area contributed by atoms with Crippen molar-refractivity contribution in [2.24, 2.45) is 0 Å². The van der Waals surface area contributed by atoms with Crippen LogP contribution in [-0.2, 0) is 52.5 Å². The van der Waals surface area contributed by atoms with E-state index < -0.39 is 48.3 Å². The van der Waals surface area contributed by atoms with E-state index in [1.54, 1.807) is 0 Å². The first kappa shape index (κ1) is 47.4. The average Bonchev–Trinajstić information content (AvgIpc) is 2.91. The number of carbonyl (C=O) groups is 4. The molecule has 19 heteroatoms. The molecule has 0 saturated carbocycles. The van der Waals surface area contributed by atoms with Crippen LogP contribution < -0.4 is 0 Å². The number of cyclic esters (lactones) is 2. The number of esters is 4. The number of carbonyl (C=O) groups excluding carboxylic acids is 4. The van der Waals surface area contributed by atoms with Crippen molar-refractivity contribution in [3.8, 4) is 0 Å². The fourth-order valence-electron chi connectivity index (χ4n) is 1.47. The monoisotopic (exact) mass is 1200 g/mol. The quantitative estimate of drug-likeness (QED) is 0.0963. The van der Waals surface area contributed by atoms with E-state index in [-0.39, 0.29) is 31.3 Å². The molecule has 0 aliphatic carbocycles. The first-order valence-electron chi connectivity index (χ1n) is 9.80. The first-order valence-corrected chi connectivity index (χ1v) is 32.3. The van der Waals surface area contributed by atoms with E-state index in [0.29, 0.717) is 9.47 Å². The molecule has 0 radical (unpaired) electrons. The summed E-state index contributed by atoms with van der Waals surface area (Å²) in [5.74, 6) is -3.44. The molecule has 0 amide bonds. The van der Waals surface area contributed by atoms with Crippen molar-refractivity contribution in [3.63, 3.8) is 0 Å². The van der Waals surface area contributed by atoms with Crippen LogP contribution in [0.25, 0.3) is 0 Å². The molecule has 4 N–H and O–H groups in total. The van der Waals surface area contributed by atoms with Crippen molar-refractivity contribution in [2.45, 2.75) is 24.4 Å². The molecule has 0 spiro atoms. The van der Waals surface area contributed by atoms with E-state index in [2.05, 4.69) is 145 Å². The Balaban J connectivity index is -0.000000242. The van der Waals surface area contributed by atoms with Crippen LogP contribution in [0.15, 0.2) is 50.6 Å². The van der Waals surface area contributed by atoms with Crippen molar-refractivity contribution in [1.29, 1.82) is 0 Å². The van der Waals surface area contributed by atoms with Crippen LogP contribution in [0.1, 0.15) is 0 Å². The normalized spacial score (nSPS) is 18.2. The van der Waals surface area contributed by atoms with Crippen molar-refractivity contribution in [2.75, 3.05) is 26.4 Å². The summed E-state index contributed by atoms with van der Waals surface area (Å²) in [7, 11) is 0.628. The van der Waals surface area contributed by atoms with Gasteiger partial charge in [0.2, 0.25) is 0 Å². The maximum absolute atomic E-state index is 10.9. The Morgan fingerprint density at radius 1 is 0.923 bits per heavy atom. The maximum atomic E-state index is 10.9. The van der Waals surface area contributed by atoms with Crippen molar-refractivity contribution in [3.05, 3.63) is 50.6 Å². The molecule has 0 bridgehead atoms. The molecule has 4 unspecified atom stereocenters. The van der Waals surface area contributed by atoms with Gasteiger partial charge in [-0.3, -0.25) is 0 Å². The third-order valence-corrected chi connectivity index (χ3v) is 3.03. The summed E-state index contributed by atoms with van der Waals surface area (Å²) < 4.78 is 18.1. The molecule has 0 aromatic carbocycles. The Labute approximate surface area is 293 Å². The second-order valence-corrected chi connectivity index (χ2v) is 52.7. The van der Waals surface area contributed by atoms with Crippen LogP contribution in [0, 0.1) is 0 Å². The summed E-state index contributed by atoms with van der Waals surface area (Å²) in [5, 5.41) is 36.0. The summed E-state index contributed by atoms with van der Waals surface area (Å²) in [6.45, 7) is 11.7. The molecule has 1 heterocycles. The Morgan fingerprint density at radius 2 is 1.18 bits per heavy atom. The minimum atomic E-state index is -1.46. The molecule has 1 rings (SSSR count). The molecule has 0 saturated heterocycles. The Morgan fingerprint density at radius 3 is 1.41 bits per heavy atom. The van der Waals surface area contributed by atoms with Crippen LogP contribution >= 0.6 is 99.9 Å². The predicted octanol–water partition coefficient (Wildman–Crippen LogP) is 2.76. The van der Waals surface area contributed by atoms with Gasteiger partial charge in [0.25, 0.3) is 0 Å². The van der Waals surface area contributed by atoms with Gasteiger partial charge in [0.1, 0.15) is 26.4 Å². The second-order valence-electron chi connectivity index (χ2n) is 5.56. The molecule has 1 aliphatic heterocycles. The summed E-state index contributed by atoms with van der Waals surface area (Å²) in [6, 6.07) is 0. The van der Waals surface area contributed by atoms with E-state index in [1.165, 1.54) is 0 Å². The predicted molar refractivity (Wildman–Crippen MR) is 179 cm³/mol. The standard InChI is InChI=1S/C10H14O6.C8H10O6.C2H4.5HI.2V/c1-3-7(11)9(13)15-5-6-16-10(14)8(12)4-2;9-5-1-2-6(10)8(12)14-4-3-13-7(5)11;1-2;;;;;;;/h3-4,7-8,11-12H,1-2,5-6H2;1-2,5-6,9-10H,3-4H2;1-2H2;5*1H;;/q;;;;;;;;+2;+3/p-5/b;2-1+;;;;;;;;. The fraction of sp³-hybridized carbons (Fsp3) is 0.400. The number of aliphatic hydroxyl groups is 4. The van der Waals surface area contributed by atoms with E-state index >= 15 is 0 Å². The zero-order chi connectivity index (χ0) is 31.4. The van der Waals surface area contributed by atoms with E-state index in [9.17, 15) is 19.2 Å². The van der Waals surface area contributed by atoms with E-state index in [0.717, 1.165) is 24.3 Å². The van der Waals surface area contributed by atoms with Crippen LogP contribution in [0.5, 0.6) is 0 Å². The fourth-order valence-corrected chi connectivity index (χ4v) is 1.47. The molecule has 0 aromatic heterocycles. The van der Waals surface area contributed by atoms with Gasteiger partial charge in [-0.1, -0.05) is 25.3 Å². The van der Waals surface area contributed by atoms with Crippen LogP contribution in [0.3, 0.4) is 0 Å². The Bertz CT molecular complexity index is 689. The van der Waals surface area contributed by atoms with Crippen molar-refractivity contribution >= 4 is 124 Å². The SMILES string of the molecule is C=C.C=CC(O)C(=O)OCCOC(=O)C(O)C=C.O=C1OCCOC(=O)C(O)/C=C/C1O.[I][V]([I])[I].[I][V][I]. The third kappa shape index (κ3) is 33.9. The molecule has 12 nitrogen and oxygen atoms in total. The molecule has 0 aromatic rings. The number of halogens is 5. The van der Waals surface area contributed by atoms with Gasteiger partial charge in [0, 0.05) is 0 Å². The zero-order valence-electron chi connectivity index (χ0n) is 20.1. The molecule has 225 valence electrons.